The third-order valence-electron chi connectivity index (χ3n) is 7.58. The van der Waals surface area contributed by atoms with E-state index in [0.29, 0.717) is 24.1 Å². The molecule has 0 radical (unpaired) electrons. The minimum absolute atomic E-state index is 0.0406. The van der Waals surface area contributed by atoms with E-state index in [4.69, 9.17) is 9.72 Å². The lowest BCUT2D eigenvalue weighted by Crippen LogP contribution is -2.46. The van der Waals surface area contributed by atoms with Gasteiger partial charge >= 0.3 is 0 Å². The van der Waals surface area contributed by atoms with Crippen molar-refractivity contribution in [1.82, 2.24) is 19.5 Å². The van der Waals surface area contributed by atoms with Crippen LogP contribution in [0, 0.1) is 23.6 Å². The predicted molar refractivity (Wildman–Crippen MR) is 117 cm³/mol. The molecule has 32 heavy (non-hydrogen) atoms. The van der Waals surface area contributed by atoms with Gasteiger partial charge in [-0.1, -0.05) is 6.08 Å². The van der Waals surface area contributed by atoms with Crippen molar-refractivity contribution in [2.75, 3.05) is 13.7 Å². The van der Waals surface area contributed by atoms with Gasteiger partial charge in [0.05, 0.1) is 11.9 Å². The standard InChI is InChI=1S/C25H25FN4O2/c1-32-13-21(31)22-14-2-4-15(5-3-14)23(22)30-9-8-16-11-28-24(29-25(16)30)18-6-7-20-19(18)10-17(26)12-27-20/h6,8-12,14-15,22-23H,2-5,7,13H2,1H3/t14?,15?,22-,23+/m1/s1. The van der Waals surface area contributed by atoms with Crippen molar-refractivity contribution in [2.24, 2.45) is 17.8 Å². The smallest absolute Gasteiger partial charge is 0.163 e. The number of nitrogens with zero attached hydrogens (tertiary/aromatic N) is 4. The molecule has 3 aromatic rings. The number of hydrogen-bond acceptors (Lipinski definition) is 5. The number of fused-ring (bicyclic) bond motifs is 5. The van der Waals surface area contributed by atoms with E-state index in [1.165, 1.54) is 12.3 Å². The van der Waals surface area contributed by atoms with Crippen LogP contribution in [-0.4, -0.2) is 39.0 Å². The molecule has 0 unspecified atom stereocenters. The average molecular weight is 432 g/mol. The molecule has 3 aromatic heterocycles. The molecule has 3 fully saturated rings. The summed E-state index contributed by atoms with van der Waals surface area (Å²) in [5.74, 6) is 1.23. The van der Waals surface area contributed by atoms with E-state index in [9.17, 15) is 9.18 Å². The molecule has 0 spiro atoms. The van der Waals surface area contributed by atoms with Gasteiger partial charge in [0.25, 0.3) is 0 Å². The summed E-state index contributed by atoms with van der Waals surface area (Å²) < 4.78 is 21.3. The monoisotopic (exact) mass is 432 g/mol. The van der Waals surface area contributed by atoms with Crippen molar-refractivity contribution in [3.8, 4) is 0 Å². The molecule has 0 saturated heterocycles. The molecule has 164 valence electrons. The van der Waals surface area contributed by atoms with Crippen LogP contribution in [0.2, 0.25) is 0 Å². The van der Waals surface area contributed by atoms with Crippen LogP contribution in [0.3, 0.4) is 0 Å². The average Bonchev–Trinajstić information content (AvgIpc) is 3.42. The summed E-state index contributed by atoms with van der Waals surface area (Å²) in [6.07, 6.45) is 12.3. The van der Waals surface area contributed by atoms with Crippen LogP contribution in [-0.2, 0) is 16.0 Å². The summed E-state index contributed by atoms with van der Waals surface area (Å²) >= 11 is 0. The van der Waals surface area contributed by atoms with Crippen LogP contribution >= 0.6 is 0 Å². The zero-order valence-corrected chi connectivity index (χ0v) is 18.0. The molecule has 6 nitrogen and oxygen atoms in total. The van der Waals surface area contributed by atoms with Crippen molar-refractivity contribution >= 4 is 22.4 Å². The molecule has 2 atom stereocenters. The first-order chi connectivity index (χ1) is 15.6. The number of hydrogen-bond donors (Lipinski definition) is 0. The maximum Gasteiger partial charge on any atom is 0.163 e. The van der Waals surface area contributed by atoms with Gasteiger partial charge in [0.2, 0.25) is 0 Å². The zero-order chi connectivity index (χ0) is 21.8. The third kappa shape index (κ3) is 3.02. The number of rotatable bonds is 5. The van der Waals surface area contributed by atoms with Gasteiger partial charge < -0.3 is 9.30 Å². The second kappa shape index (κ2) is 7.59. The number of ketones is 1. The second-order valence-electron chi connectivity index (χ2n) is 9.26. The lowest BCUT2D eigenvalue weighted by atomic mass is 9.60. The molecule has 7 rings (SSSR count). The summed E-state index contributed by atoms with van der Waals surface area (Å²) in [4.78, 5) is 26.8. The predicted octanol–water partition coefficient (Wildman–Crippen LogP) is 4.15. The summed E-state index contributed by atoms with van der Waals surface area (Å²) in [7, 11) is 1.59. The van der Waals surface area contributed by atoms with Gasteiger partial charge in [0.15, 0.2) is 11.6 Å². The van der Waals surface area contributed by atoms with Crippen molar-refractivity contribution in [3.63, 3.8) is 0 Å². The number of carbonyl (C=O) groups excluding carboxylic acids is 1. The van der Waals surface area contributed by atoms with E-state index in [2.05, 4.69) is 20.7 Å². The highest BCUT2D eigenvalue weighted by molar-refractivity contribution is 5.85. The Morgan fingerprint density at radius 3 is 2.81 bits per heavy atom. The Balaban J connectivity index is 1.43. The maximum atomic E-state index is 13.9. The highest BCUT2D eigenvalue weighted by Gasteiger charge is 2.47. The highest BCUT2D eigenvalue weighted by atomic mass is 19.1. The molecule has 0 N–H and O–H groups in total. The molecule has 3 heterocycles. The van der Waals surface area contributed by atoms with Crippen LogP contribution < -0.4 is 0 Å². The summed E-state index contributed by atoms with van der Waals surface area (Å²) in [5.41, 5.74) is 3.25. The Kier molecular flexibility index (Phi) is 4.68. The lowest BCUT2D eigenvalue weighted by molar-refractivity contribution is -0.135. The Hall–Kier alpha value is -2.93. The quantitative estimate of drug-likeness (QED) is 0.606. The van der Waals surface area contributed by atoms with E-state index in [1.807, 2.05) is 18.3 Å². The number of aromatic nitrogens is 4. The number of Topliss-reactive ketones (excluding diaryl/α,β-unsaturated/α-hetero) is 1. The first-order valence-electron chi connectivity index (χ1n) is 11.3. The summed E-state index contributed by atoms with van der Waals surface area (Å²) in [6, 6.07) is 3.62. The molecule has 4 aliphatic rings. The molecule has 0 aliphatic heterocycles. The topological polar surface area (TPSA) is 69.9 Å². The number of pyridine rings is 1. The van der Waals surface area contributed by atoms with Crippen LogP contribution in [0.4, 0.5) is 4.39 Å². The molecule has 3 saturated carbocycles. The van der Waals surface area contributed by atoms with Crippen molar-refractivity contribution < 1.29 is 13.9 Å². The van der Waals surface area contributed by atoms with E-state index >= 15 is 0 Å². The minimum atomic E-state index is -0.362. The van der Waals surface area contributed by atoms with Gasteiger partial charge in [-0.2, -0.15) is 0 Å². The number of halogens is 1. The first-order valence-corrected chi connectivity index (χ1v) is 11.3. The molecule has 2 bridgehead atoms. The molecule has 0 aromatic carbocycles. The number of ether oxygens (including phenoxy) is 1. The van der Waals surface area contributed by atoms with E-state index in [1.54, 1.807) is 7.11 Å². The Morgan fingerprint density at radius 2 is 2.00 bits per heavy atom. The fourth-order valence-corrected chi connectivity index (χ4v) is 6.20. The van der Waals surface area contributed by atoms with Crippen LogP contribution in [0.5, 0.6) is 0 Å². The van der Waals surface area contributed by atoms with E-state index < -0.39 is 0 Å². The van der Waals surface area contributed by atoms with E-state index in [0.717, 1.165) is 53.5 Å². The van der Waals surface area contributed by atoms with Gasteiger partial charge in [-0.05, 0) is 49.7 Å². The molecule has 0 amide bonds. The number of methoxy groups -OCH3 is 1. The molecule has 7 heteroatoms. The zero-order valence-electron chi connectivity index (χ0n) is 18.0. The third-order valence-corrected chi connectivity index (χ3v) is 7.58. The van der Waals surface area contributed by atoms with Gasteiger partial charge in [0.1, 0.15) is 18.1 Å². The molecule has 4 aliphatic carbocycles. The maximum absolute atomic E-state index is 13.9. The summed E-state index contributed by atoms with van der Waals surface area (Å²) in [6.45, 7) is 0.159. The second-order valence-corrected chi connectivity index (χ2v) is 9.26. The number of carbonyl (C=O) groups is 1. The largest absolute Gasteiger partial charge is 0.377 e. The number of allylic oxidation sites excluding steroid dienone is 1. The van der Waals surface area contributed by atoms with Crippen molar-refractivity contribution in [1.29, 1.82) is 0 Å². The molecular formula is C25H25FN4O2. The Morgan fingerprint density at radius 1 is 1.19 bits per heavy atom. The normalized spacial score (nSPS) is 26.4. The van der Waals surface area contributed by atoms with Crippen LogP contribution in [0.15, 0.2) is 36.8 Å². The van der Waals surface area contributed by atoms with Gasteiger partial charge in [0, 0.05) is 54.4 Å². The fourth-order valence-electron chi connectivity index (χ4n) is 6.20. The van der Waals surface area contributed by atoms with E-state index in [-0.39, 0.29) is 30.2 Å². The SMILES string of the molecule is COCC(=O)[C@H]1C2CCC(CC2)[C@@H]1n1ccc2cnc(C3=CCc4ncc(F)cc43)nc21. The van der Waals surface area contributed by atoms with Crippen LogP contribution in [0.1, 0.15) is 48.8 Å². The highest BCUT2D eigenvalue weighted by Crippen LogP contribution is 2.52. The van der Waals surface area contributed by atoms with Gasteiger partial charge in [-0.15, -0.1) is 0 Å². The first kappa shape index (κ1) is 19.7. The Labute approximate surface area is 185 Å². The molecular weight excluding hydrogens is 407 g/mol. The van der Waals surface area contributed by atoms with Crippen LogP contribution in [0.25, 0.3) is 16.6 Å². The van der Waals surface area contributed by atoms with Gasteiger partial charge in [-0.25, -0.2) is 14.4 Å². The van der Waals surface area contributed by atoms with Crippen molar-refractivity contribution in [3.05, 3.63) is 59.7 Å². The lowest BCUT2D eigenvalue weighted by Gasteiger charge is -2.48. The summed E-state index contributed by atoms with van der Waals surface area (Å²) in [5, 5.41) is 0.948. The minimum Gasteiger partial charge on any atom is -0.377 e. The Bertz CT molecular complexity index is 1240. The van der Waals surface area contributed by atoms with Gasteiger partial charge in [-0.3, -0.25) is 9.78 Å². The van der Waals surface area contributed by atoms with Crippen molar-refractivity contribution in [2.45, 2.75) is 38.1 Å². The fraction of sp³-hybridized carbons (Fsp3) is 0.440.